The van der Waals surface area contributed by atoms with Crippen LogP contribution in [-0.4, -0.2) is 35.9 Å². The van der Waals surface area contributed by atoms with Crippen LogP contribution in [0.3, 0.4) is 0 Å². The Labute approximate surface area is 123 Å². The average Bonchev–Trinajstić information content (AvgIpc) is 2.87. The Hall–Kier alpha value is -1.47. The number of carbonyl (C=O) groups excluding carboxylic acids is 2. The summed E-state index contributed by atoms with van der Waals surface area (Å²) in [5.74, 6) is -0.303. The minimum atomic E-state index is -0.249. The van der Waals surface area contributed by atoms with Crippen LogP contribution in [0.5, 0.6) is 0 Å². The van der Waals surface area contributed by atoms with Crippen LogP contribution in [-0.2, 0) is 11.2 Å². The Kier molecular flexibility index (Phi) is 7.17. The van der Waals surface area contributed by atoms with Gasteiger partial charge in [0.2, 0.25) is 5.91 Å². The third-order valence-electron chi connectivity index (χ3n) is 2.80. The molecular formula is C13H22N4O2S. The summed E-state index contributed by atoms with van der Waals surface area (Å²) in [5.41, 5.74) is 5.82. The summed E-state index contributed by atoms with van der Waals surface area (Å²) in [5, 5.41) is 8.10. The predicted molar refractivity (Wildman–Crippen MR) is 79.7 cm³/mol. The fourth-order valence-electron chi connectivity index (χ4n) is 1.48. The Morgan fingerprint density at radius 2 is 2.25 bits per heavy atom. The number of thiazole rings is 1. The SMILES string of the molecule is CCC(C)NC(=O)CCNC(=O)c1csc(CCN)n1. The molecule has 6 nitrogen and oxygen atoms in total. The molecule has 1 aromatic rings. The highest BCUT2D eigenvalue weighted by atomic mass is 32.1. The first kappa shape index (κ1) is 16.6. The number of nitrogens with zero attached hydrogens (tertiary/aromatic N) is 1. The Balaban J connectivity index is 2.30. The summed E-state index contributed by atoms with van der Waals surface area (Å²) < 4.78 is 0. The van der Waals surface area contributed by atoms with E-state index in [1.807, 2.05) is 13.8 Å². The van der Waals surface area contributed by atoms with Crippen molar-refractivity contribution >= 4 is 23.2 Å². The van der Waals surface area contributed by atoms with Crippen LogP contribution in [0.4, 0.5) is 0 Å². The van der Waals surface area contributed by atoms with E-state index in [1.54, 1.807) is 5.38 Å². The zero-order valence-corrected chi connectivity index (χ0v) is 12.8. The van der Waals surface area contributed by atoms with Crippen molar-refractivity contribution in [3.05, 3.63) is 16.1 Å². The van der Waals surface area contributed by atoms with Crippen LogP contribution in [0.15, 0.2) is 5.38 Å². The topological polar surface area (TPSA) is 97.1 Å². The molecular weight excluding hydrogens is 276 g/mol. The molecule has 1 aromatic heterocycles. The minimum Gasteiger partial charge on any atom is -0.354 e. The largest absolute Gasteiger partial charge is 0.354 e. The van der Waals surface area contributed by atoms with Crippen LogP contribution < -0.4 is 16.4 Å². The number of rotatable bonds is 8. The number of hydrogen-bond acceptors (Lipinski definition) is 5. The maximum Gasteiger partial charge on any atom is 0.270 e. The molecule has 1 heterocycles. The van der Waals surface area contributed by atoms with E-state index >= 15 is 0 Å². The van der Waals surface area contributed by atoms with E-state index in [0.29, 0.717) is 25.2 Å². The summed E-state index contributed by atoms with van der Waals surface area (Å²) in [6.45, 7) is 4.79. The molecule has 1 atom stereocenters. The van der Waals surface area contributed by atoms with Crippen LogP contribution >= 0.6 is 11.3 Å². The van der Waals surface area contributed by atoms with E-state index in [1.165, 1.54) is 11.3 Å². The van der Waals surface area contributed by atoms with Gasteiger partial charge in [0.15, 0.2) is 0 Å². The van der Waals surface area contributed by atoms with E-state index < -0.39 is 0 Å². The number of aromatic nitrogens is 1. The monoisotopic (exact) mass is 298 g/mol. The first-order valence-corrected chi connectivity index (χ1v) is 7.66. The lowest BCUT2D eigenvalue weighted by atomic mass is 10.2. The van der Waals surface area contributed by atoms with Gasteiger partial charge in [-0.15, -0.1) is 11.3 Å². The summed E-state index contributed by atoms with van der Waals surface area (Å²) in [6.07, 6.45) is 1.84. The first-order chi connectivity index (χ1) is 9.56. The highest BCUT2D eigenvalue weighted by Crippen LogP contribution is 2.09. The fourth-order valence-corrected chi connectivity index (χ4v) is 2.28. The molecule has 0 saturated heterocycles. The fraction of sp³-hybridized carbons (Fsp3) is 0.615. The van der Waals surface area contributed by atoms with Crippen molar-refractivity contribution in [1.29, 1.82) is 0 Å². The number of nitrogens with two attached hydrogens (primary N) is 1. The van der Waals surface area contributed by atoms with Gasteiger partial charge in [0.1, 0.15) is 5.69 Å². The maximum atomic E-state index is 11.8. The zero-order chi connectivity index (χ0) is 15.0. The lowest BCUT2D eigenvalue weighted by molar-refractivity contribution is -0.121. The van der Waals surface area contributed by atoms with Gasteiger partial charge in [0.05, 0.1) is 5.01 Å². The van der Waals surface area contributed by atoms with Crippen molar-refractivity contribution in [3.63, 3.8) is 0 Å². The van der Waals surface area contributed by atoms with Gasteiger partial charge in [-0.2, -0.15) is 0 Å². The molecule has 7 heteroatoms. The standard InChI is InChI=1S/C13H22N4O2S/c1-3-9(2)16-11(18)5-7-15-13(19)10-8-20-12(17-10)4-6-14/h8-9H,3-7,14H2,1-2H3,(H,15,19)(H,16,18). The third-order valence-corrected chi connectivity index (χ3v) is 3.71. The van der Waals surface area contributed by atoms with Crippen molar-refractivity contribution in [2.75, 3.05) is 13.1 Å². The molecule has 0 aromatic carbocycles. The molecule has 0 radical (unpaired) electrons. The molecule has 0 saturated carbocycles. The molecule has 0 aliphatic carbocycles. The van der Waals surface area contributed by atoms with Gasteiger partial charge >= 0.3 is 0 Å². The van der Waals surface area contributed by atoms with Crippen LogP contribution in [0.25, 0.3) is 0 Å². The van der Waals surface area contributed by atoms with Crippen molar-refractivity contribution in [1.82, 2.24) is 15.6 Å². The third kappa shape index (κ3) is 5.66. The number of carbonyl (C=O) groups is 2. The van der Waals surface area contributed by atoms with Crippen molar-refractivity contribution in [2.45, 2.75) is 39.2 Å². The van der Waals surface area contributed by atoms with Crippen molar-refractivity contribution < 1.29 is 9.59 Å². The van der Waals surface area contributed by atoms with E-state index in [4.69, 9.17) is 5.73 Å². The minimum absolute atomic E-state index is 0.0539. The second-order valence-corrected chi connectivity index (χ2v) is 5.49. The Morgan fingerprint density at radius 1 is 1.50 bits per heavy atom. The highest BCUT2D eigenvalue weighted by Gasteiger charge is 2.11. The first-order valence-electron chi connectivity index (χ1n) is 6.78. The van der Waals surface area contributed by atoms with Gasteiger partial charge < -0.3 is 16.4 Å². The van der Waals surface area contributed by atoms with Crippen LogP contribution in [0.2, 0.25) is 0 Å². The lowest BCUT2D eigenvalue weighted by Gasteiger charge is -2.11. The molecule has 20 heavy (non-hydrogen) atoms. The molecule has 0 aliphatic heterocycles. The Bertz CT molecular complexity index is 447. The highest BCUT2D eigenvalue weighted by molar-refractivity contribution is 7.09. The van der Waals surface area contributed by atoms with Gasteiger partial charge in [-0.25, -0.2) is 4.98 Å². The van der Waals surface area contributed by atoms with Gasteiger partial charge in [0, 0.05) is 30.8 Å². The smallest absolute Gasteiger partial charge is 0.270 e. The zero-order valence-electron chi connectivity index (χ0n) is 11.9. The molecule has 0 fully saturated rings. The number of amides is 2. The molecule has 2 amide bonds. The maximum absolute atomic E-state index is 11.8. The summed E-state index contributed by atoms with van der Waals surface area (Å²) in [4.78, 5) is 27.5. The van der Waals surface area contributed by atoms with Gasteiger partial charge in [-0.1, -0.05) is 6.92 Å². The molecule has 1 unspecified atom stereocenters. The quantitative estimate of drug-likeness (QED) is 0.657. The van der Waals surface area contributed by atoms with E-state index in [9.17, 15) is 9.59 Å². The number of nitrogens with one attached hydrogen (secondary N) is 2. The summed E-state index contributed by atoms with van der Waals surface area (Å²) in [6, 6.07) is 0.163. The lowest BCUT2D eigenvalue weighted by Crippen LogP contribution is -2.35. The van der Waals surface area contributed by atoms with E-state index in [0.717, 1.165) is 11.4 Å². The second-order valence-electron chi connectivity index (χ2n) is 4.55. The molecule has 1 rings (SSSR count). The molecule has 0 spiro atoms. The molecule has 0 bridgehead atoms. The molecule has 112 valence electrons. The average molecular weight is 298 g/mol. The molecule has 0 aliphatic rings. The Morgan fingerprint density at radius 3 is 2.90 bits per heavy atom. The van der Waals surface area contributed by atoms with E-state index in [2.05, 4.69) is 15.6 Å². The number of hydrogen-bond donors (Lipinski definition) is 3. The van der Waals surface area contributed by atoms with E-state index in [-0.39, 0.29) is 24.3 Å². The van der Waals surface area contributed by atoms with Gasteiger partial charge in [-0.05, 0) is 19.9 Å². The normalized spacial score (nSPS) is 11.9. The molecule has 4 N–H and O–H groups in total. The summed E-state index contributed by atoms with van der Waals surface area (Å²) in [7, 11) is 0. The van der Waals surface area contributed by atoms with Gasteiger partial charge in [0.25, 0.3) is 5.91 Å². The van der Waals surface area contributed by atoms with Crippen molar-refractivity contribution in [2.24, 2.45) is 5.73 Å². The summed E-state index contributed by atoms with van der Waals surface area (Å²) >= 11 is 1.42. The predicted octanol–water partition coefficient (Wildman–Crippen LogP) is 0.679. The van der Waals surface area contributed by atoms with Crippen LogP contribution in [0.1, 0.15) is 42.2 Å². The van der Waals surface area contributed by atoms with Crippen molar-refractivity contribution in [3.8, 4) is 0 Å². The van der Waals surface area contributed by atoms with Crippen LogP contribution in [0, 0.1) is 0 Å². The second kappa shape index (κ2) is 8.65. The van der Waals surface area contributed by atoms with Gasteiger partial charge in [-0.3, -0.25) is 9.59 Å².